The van der Waals surface area contributed by atoms with Crippen LogP contribution in [0.4, 0.5) is 11.6 Å². The Bertz CT molecular complexity index is 720. The summed E-state index contributed by atoms with van der Waals surface area (Å²) in [5, 5.41) is 5.94. The monoisotopic (exact) mass is 314 g/mol. The van der Waals surface area contributed by atoms with Crippen molar-refractivity contribution in [1.82, 2.24) is 9.97 Å². The molecule has 0 bridgehead atoms. The zero-order chi connectivity index (χ0) is 16.2. The molecule has 1 aliphatic heterocycles. The average molecular weight is 314 g/mol. The Labute approximate surface area is 134 Å². The van der Waals surface area contributed by atoms with Crippen molar-refractivity contribution in [3.63, 3.8) is 0 Å². The van der Waals surface area contributed by atoms with Gasteiger partial charge in [0.1, 0.15) is 5.69 Å². The molecule has 0 fully saturated rings. The number of nitrogens with zero attached hydrogens (tertiary/aromatic N) is 2. The van der Waals surface area contributed by atoms with Crippen molar-refractivity contribution < 1.29 is 14.3 Å². The van der Waals surface area contributed by atoms with Gasteiger partial charge >= 0.3 is 0 Å². The number of amides is 1. The third-order valence-corrected chi connectivity index (χ3v) is 3.51. The van der Waals surface area contributed by atoms with Crippen LogP contribution in [0.25, 0.3) is 0 Å². The maximum absolute atomic E-state index is 12.3. The second-order valence-electron chi connectivity index (χ2n) is 5.24. The van der Waals surface area contributed by atoms with Gasteiger partial charge in [0.2, 0.25) is 12.7 Å². The number of carbonyl (C=O) groups excluding carboxylic acids is 1. The molecule has 0 radical (unpaired) electrons. The van der Waals surface area contributed by atoms with Crippen LogP contribution in [0, 0.1) is 0 Å². The summed E-state index contributed by atoms with van der Waals surface area (Å²) in [5.41, 5.74) is 0.915. The number of rotatable bonds is 5. The molecule has 7 nitrogen and oxygen atoms in total. The number of anilines is 2. The topological polar surface area (TPSA) is 85.4 Å². The predicted molar refractivity (Wildman–Crippen MR) is 85.9 cm³/mol. The van der Waals surface area contributed by atoms with Gasteiger partial charge in [0.05, 0.1) is 0 Å². The van der Waals surface area contributed by atoms with E-state index in [-0.39, 0.29) is 18.7 Å². The number of ether oxygens (including phenoxy) is 2. The summed E-state index contributed by atoms with van der Waals surface area (Å²) in [6, 6.07) is 7.05. The fourth-order valence-electron chi connectivity index (χ4n) is 2.05. The molecule has 0 saturated heterocycles. The first-order chi connectivity index (χ1) is 11.2. The van der Waals surface area contributed by atoms with Crippen LogP contribution in [0.15, 0.2) is 30.5 Å². The molecule has 23 heavy (non-hydrogen) atoms. The normalized spacial score (nSPS) is 13.5. The van der Waals surface area contributed by atoms with Gasteiger partial charge in [-0.3, -0.25) is 4.79 Å². The third kappa shape index (κ3) is 3.50. The second-order valence-corrected chi connectivity index (χ2v) is 5.24. The number of carbonyl (C=O) groups is 1. The molecular formula is C16H18N4O3. The van der Waals surface area contributed by atoms with Gasteiger partial charge < -0.3 is 20.1 Å². The molecule has 1 aliphatic rings. The van der Waals surface area contributed by atoms with Crippen molar-refractivity contribution in [2.75, 3.05) is 17.4 Å². The molecule has 120 valence electrons. The van der Waals surface area contributed by atoms with Crippen LogP contribution >= 0.6 is 0 Å². The molecule has 1 amide bonds. The van der Waals surface area contributed by atoms with Crippen LogP contribution in [0.5, 0.6) is 11.5 Å². The van der Waals surface area contributed by atoms with Gasteiger partial charge in [-0.1, -0.05) is 6.92 Å². The SMILES string of the molecule is CCC(C)Nc1nccc(C(=O)Nc2ccc3c(c2)OCO3)n1. The van der Waals surface area contributed by atoms with Gasteiger partial charge in [0.25, 0.3) is 5.91 Å². The Kier molecular flexibility index (Phi) is 4.27. The van der Waals surface area contributed by atoms with E-state index in [0.717, 1.165) is 6.42 Å². The fourth-order valence-corrected chi connectivity index (χ4v) is 2.05. The van der Waals surface area contributed by atoms with Gasteiger partial charge in [0, 0.05) is 24.0 Å². The Hall–Kier alpha value is -2.83. The van der Waals surface area contributed by atoms with Gasteiger partial charge in [-0.05, 0) is 31.5 Å². The number of nitrogens with one attached hydrogen (secondary N) is 2. The van der Waals surface area contributed by atoms with Crippen molar-refractivity contribution in [1.29, 1.82) is 0 Å². The smallest absolute Gasteiger partial charge is 0.274 e. The van der Waals surface area contributed by atoms with E-state index in [1.54, 1.807) is 30.5 Å². The summed E-state index contributed by atoms with van der Waals surface area (Å²) in [7, 11) is 0. The van der Waals surface area contributed by atoms with Crippen molar-refractivity contribution in [2.45, 2.75) is 26.3 Å². The summed E-state index contributed by atoms with van der Waals surface area (Å²) in [6.07, 6.45) is 2.50. The zero-order valence-corrected chi connectivity index (χ0v) is 13.0. The number of aromatic nitrogens is 2. The lowest BCUT2D eigenvalue weighted by atomic mass is 10.2. The van der Waals surface area contributed by atoms with Crippen LogP contribution in [0.1, 0.15) is 30.8 Å². The first-order valence-electron chi connectivity index (χ1n) is 7.46. The highest BCUT2D eigenvalue weighted by Gasteiger charge is 2.15. The summed E-state index contributed by atoms with van der Waals surface area (Å²) in [5.74, 6) is 1.42. The van der Waals surface area contributed by atoms with Crippen molar-refractivity contribution >= 4 is 17.5 Å². The molecule has 0 aliphatic carbocycles. The minimum absolute atomic E-state index is 0.198. The lowest BCUT2D eigenvalue weighted by Gasteiger charge is -2.11. The van der Waals surface area contributed by atoms with Crippen molar-refractivity contribution in [3.05, 3.63) is 36.2 Å². The van der Waals surface area contributed by atoms with Crippen LogP contribution in [0.2, 0.25) is 0 Å². The summed E-state index contributed by atoms with van der Waals surface area (Å²) < 4.78 is 10.5. The Morgan fingerprint density at radius 2 is 2.13 bits per heavy atom. The average Bonchev–Trinajstić information content (AvgIpc) is 3.02. The highest BCUT2D eigenvalue weighted by Crippen LogP contribution is 2.34. The summed E-state index contributed by atoms with van der Waals surface area (Å²) >= 11 is 0. The lowest BCUT2D eigenvalue weighted by Crippen LogP contribution is -2.19. The van der Waals surface area contributed by atoms with Gasteiger partial charge in [-0.25, -0.2) is 9.97 Å². The molecule has 1 atom stereocenters. The van der Waals surface area contributed by atoms with E-state index in [0.29, 0.717) is 28.8 Å². The molecular weight excluding hydrogens is 296 g/mol. The highest BCUT2D eigenvalue weighted by molar-refractivity contribution is 6.03. The third-order valence-electron chi connectivity index (χ3n) is 3.51. The summed E-state index contributed by atoms with van der Waals surface area (Å²) in [4.78, 5) is 20.7. The first-order valence-corrected chi connectivity index (χ1v) is 7.46. The number of hydrogen-bond acceptors (Lipinski definition) is 6. The molecule has 1 unspecified atom stereocenters. The van der Waals surface area contributed by atoms with Crippen molar-refractivity contribution in [3.8, 4) is 11.5 Å². The van der Waals surface area contributed by atoms with Crippen LogP contribution in [-0.2, 0) is 0 Å². The quantitative estimate of drug-likeness (QED) is 0.882. The lowest BCUT2D eigenvalue weighted by molar-refractivity contribution is 0.102. The van der Waals surface area contributed by atoms with Gasteiger partial charge in [-0.2, -0.15) is 0 Å². The number of hydrogen-bond donors (Lipinski definition) is 2. The van der Waals surface area contributed by atoms with E-state index in [2.05, 4.69) is 27.5 Å². The molecule has 0 spiro atoms. The molecule has 3 rings (SSSR count). The fraction of sp³-hybridized carbons (Fsp3) is 0.312. The maximum atomic E-state index is 12.3. The zero-order valence-electron chi connectivity index (χ0n) is 13.0. The van der Waals surface area contributed by atoms with E-state index >= 15 is 0 Å². The van der Waals surface area contributed by atoms with E-state index in [9.17, 15) is 4.79 Å². The van der Waals surface area contributed by atoms with E-state index < -0.39 is 0 Å². The van der Waals surface area contributed by atoms with Crippen LogP contribution in [-0.4, -0.2) is 28.7 Å². The maximum Gasteiger partial charge on any atom is 0.274 e. The largest absolute Gasteiger partial charge is 0.454 e. The van der Waals surface area contributed by atoms with E-state index in [1.165, 1.54) is 0 Å². The van der Waals surface area contributed by atoms with Gasteiger partial charge in [0.15, 0.2) is 11.5 Å². The molecule has 2 aromatic rings. The van der Waals surface area contributed by atoms with Crippen molar-refractivity contribution in [2.24, 2.45) is 0 Å². The minimum Gasteiger partial charge on any atom is -0.454 e. The van der Waals surface area contributed by atoms with E-state index in [4.69, 9.17) is 9.47 Å². The number of fused-ring (bicyclic) bond motifs is 1. The Balaban J connectivity index is 1.72. The molecule has 2 heterocycles. The Morgan fingerprint density at radius 1 is 1.30 bits per heavy atom. The summed E-state index contributed by atoms with van der Waals surface area (Å²) in [6.45, 7) is 4.29. The van der Waals surface area contributed by atoms with Gasteiger partial charge in [-0.15, -0.1) is 0 Å². The second kappa shape index (κ2) is 6.51. The molecule has 7 heteroatoms. The molecule has 2 N–H and O–H groups in total. The molecule has 1 aromatic heterocycles. The van der Waals surface area contributed by atoms with E-state index in [1.807, 2.05) is 6.92 Å². The van der Waals surface area contributed by atoms with Crippen LogP contribution in [0.3, 0.4) is 0 Å². The standard InChI is InChI=1S/C16H18N4O3/c1-3-10(2)18-16-17-7-6-12(20-16)15(21)19-11-4-5-13-14(8-11)23-9-22-13/h4-8,10H,3,9H2,1-2H3,(H,19,21)(H,17,18,20). The predicted octanol–water partition coefficient (Wildman–Crippen LogP) is 2.67. The Morgan fingerprint density at radius 3 is 2.96 bits per heavy atom. The number of benzene rings is 1. The minimum atomic E-state index is -0.307. The molecule has 1 aromatic carbocycles. The highest BCUT2D eigenvalue weighted by atomic mass is 16.7. The molecule has 0 saturated carbocycles. The van der Waals surface area contributed by atoms with Crippen LogP contribution < -0.4 is 20.1 Å². The first kappa shape index (κ1) is 15.1.